The molecule has 8 nitrogen and oxygen atoms in total. The summed E-state index contributed by atoms with van der Waals surface area (Å²) in [6, 6.07) is 16.9. The van der Waals surface area contributed by atoms with Crippen LogP contribution in [0.5, 0.6) is 0 Å². The summed E-state index contributed by atoms with van der Waals surface area (Å²) in [7, 11) is 5.27. The molecule has 0 radical (unpaired) electrons. The lowest BCUT2D eigenvalue weighted by Gasteiger charge is -2.29. The Balaban J connectivity index is 1.44. The second kappa shape index (κ2) is 9.56. The normalized spacial score (nSPS) is 22.4. The molecule has 2 amide bonds. The predicted molar refractivity (Wildman–Crippen MR) is 146 cm³/mol. The molecule has 3 aromatic rings. The van der Waals surface area contributed by atoms with E-state index in [0.29, 0.717) is 10.6 Å². The van der Waals surface area contributed by atoms with Gasteiger partial charge in [0.05, 0.1) is 24.4 Å². The molecule has 3 heterocycles. The highest BCUT2D eigenvalue weighted by molar-refractivity contribution is 7.17. The SMILES string of the molecule is COC(=O)c1c(N2C(=O)[C@H]3[C@@H](ON(c4ccccc4)[C@H]3c3ccc(N(C)C)cc3)C2=O)sc2c1CCCC2. The van der Waals surface area contributed by atoms with Crippen LogP contribution in [0.15, 0.2) is 54.6 Å². The number of hydrogen-bond donors (Lipinski definition) is 0. The van der Waals surface area contributed by atoms with Gasteiger partial charge < -0.3 is 9.64 Å². The molecule has 0 N–H and O–H groups in total. The number of imide groups is 1. The van der Waals surface area contributed by atoms with Gasteiger partial charge in [-0.25, -0.2) is 14.8 Å². The van der Waals surface area contributed by atoms with Gasteiger partial charge in [-0.05, 0) is 61.1 Å². The fourth-order valence-electron chi connectivity index (χ4n) is 5.74. The summed E-state index contributed by atoms with van der Waals surface area (Å²) in [4.78, 5) is 51.4. The third kappa shape index (κ3) is 3.80. The van der Waals surface area contributed by atoms with Crippen LogP contribution in [-0.2, 0) is 32.0 Å². The Hall–Kier alpha value is -3.69. The highest BCUT2D eigenvalue weighted by Crippen LogP contribution is 2.50. The zero-order valence-electron chi connectivity index (χ0n) is 21.5. The van der Waals surface area contributed by atoms with Gasteiger partial charge in [-0.15, -0.1) is 11.3 Å². The number of ether oxygens (including phenoxy) is 1. The Bertz CT molecular complexity index is 1400. The third-order valence-electron chi connectivity index (χ3n) is 7.62. The average Bonchev–Trinajstić information content (AvgIpc) is 3.59. The van der Waals surface area contributed by atoms with Gasteiger partial charge in [0.15, 0.2) is 6.10 Å². The zero-order valence-corrected chi connectivity index (χ0v) is 22.4. The van der Waals surface area contributed by atoms with Gasteiger partial charge in [-0.3, -0.25) is 14.4 Å². The summed E-state index contributed by atoms with van der Waals surface area (Å²) in [6.45, 7) is 0. The largest absolute Gasteiger partial charge is 0.465 e. The number of fused-ring (bicyclic) bond motifs is 2. The van der Waals surface area contributed by atoms with Crippen molar-refractivity contribution < 1.29 is 24.0 Å². The summed E-state index contributed by atoms with van der Waals surface area (Å²) in [5.41, 5.74) is 3.91. The Morgan fingerprint density at radius 3 is 2.39 bits per heavy atom. The molecule has 0 spiro atoms. The van der Waals surface area contributed by atoms with E-state index in [0.717, 1.165) is 53.1 Å². The van der Waals surface area contributed by atoms with Crippen LogP contribution in [0.25, 0.3) is 0 Å². The number of hydrogen-bond acceptors (Lipinski definition) is 8. The van der Waals surface area contributed by atoms with E-state index in [-0.39, 0.29) is 5.91 Å². The second-order valence-corrected chi connectivity index (χ2v) is 11.1. The number of anilines is 3. The summed E-state index contributed by atoms with van der Waals surface area (Å²) >= 11 is 1.36. The van der Waals surface area contributed by atoms with E-state index >= 15 is 0 Å². The number of aryl methyl sites for hydroxylation is 1. The smallest absolute Gasteiger partial charge is 0.341 e. The van der Waals surface area contributed by atoms with E-state index in [4.69, 9.17) is 9.57 Å². The molecule has 0 saturated carbocycles. The highest BCUT2D eigenvalue weighted by atomic mass is 32.1. The first-order valence-corrected chi connectivity index (χ1v) is 13.6. The number of esters is 1. The van der Waals surface area contributed by atoms with Crippen molar-refractivity contribution in [2.45, 2.75) is 37.8 Å². The predicted octanol–water partition coefficient (Wildman–Crippen LogP) is 4.53. The van der Waals surface area contributed by atoms with Crippen LogP contribution in [0.4, 0.5) is 16.4 Å². The second-order valence-electron chi connectivity index (χ2n) is 10.0. The van der Waals surface area contributed by atoms with E-state index in [9.17, 15) is 14.4 Å². The van der Waals surface area contributed by atoms with Gasteiger partial charge in [0.25, 0.3) is 5.91 Å². The molecule has 1 aromatic heterocycles. The lowest BCUT2D eigenvalue weighted by molar-refractivity contribution is -0.126. The lowest BCUT2D eigenvalue weighted by Crippen LogP contribution is -2.37. The first-order chi connectivity index (χ1) is 18.4. The highest BCUT2D eigenvalue weighted by Gasteiger charge is 2.61. The maximum Gasteiger partial charge on any atom is 0.341 e. The molecule has 2 saturated heterocycles. The van der Waals surface area contributed by atoms with Crippen LogP contribution < -0.4 is 14.9 Å². The number of amides is 2. The van der Waals surface area contributed by atoms with Crippen molar-refractivity contribution in [3.63, 3.8) is 0 Å². The number of carbonyl (C=O) groups excluding carboxylic acids is 3. The Morgan fingerprint density at radius 2 is 1.71 bits per heavy atom. The standard InChI is InChI=1S/C29H29N3O5S/c1-30(2)18-15-13-17(14-16-18)24-23-25(37-32(24)19-9-5-4-6-10-19)27(34)31(26(23)33)28-22(29(35)36-3)20-11-7-8-12-21(20)38-28/h4-6,9-10,13-16,23-25H,7-8,11-12H2,1-3H3/t23-,24+,25-/m1/s1. The lowest BCUT2D eigenvalue weighted by atomic mass is 9.90. The minimum atomic E-state index is -0.995. The van der Waals surface area contributed by atoms with Gasteiger partial charge in [0.2, 0.25) is 5.91 Å². The fraction of sp³-hybridized carbons (Fsp3) is 0.345. The first kappa shape index (κ1) is 24.6. The molecule has 2 aliphatic heterocycles. The molecule has 0 bridgehead atoms. The maximum atomic E-state index is 14.2. The number of carbonyl (C=O) groups is 3. The number of para-hydroxylation sites is 1. The van der Waals surface area contributed by atoms with E-state index in [1.807, 2.05) is 73.6 Å². The topological polar surface area (TPSA) is 79.4 Å². The third-order valence-corrected chi connectivity index (χ3v) is 8.90. The van der Waals surface area contributed by atoms with Crippen LogP contribution in [-0.4, -0.2) is 45.1 Å². The molecule has 2 aromatic carbocycles. The van der Waals surface area contributed by atoms with Crippen LogP contribution in [0, 0.1) is 5.92 Å². The minimum absolute atomic E-state index is 0.348. The monoisotopic (exact) mass is 531 g/mol. The van der Waals surface area contributed by atoms with Crippen molar-refractivity contribution in [3.8, 4) is 0 Å². The van der Waals surface area contributed by atoms with Gasteiger partial charge in [0, 0.05) is 24.7 Å². The molecular formula is C29H29N3O5S. The zero-order chi connectivity index (χ0) is 26.6. The summed E-state index contributed by atoms with van der Waals surface area (Å²) in [6.07, 6.45) is 2.54. The van der Waals surface area contributed by atoms with E-state index in [2.05, 4.69) is 0 Å². The quantitative estimate of drug-likeness (QED) is 0.354. The van der Waals surface area contributed by atoms with Crippen LogP contribution in [0.3, 0.4) is 0 Å². The van der Waals surface area contributed by atoms with Gasteiger partial charge in [-0.1, -0.05) is 30.3 Å². The molecule has 38 heavy (non-hydrogen) atoms. The summed E-state index contributed by atoms with van der Waals surface area (Å²) < 4.78 is 5.10. The average molecular weight is 532 g/mol. The van der Waals surface area contributed by atoms with Crippen molar-refractivity contribution >= 4 is 45.5 Å². The van der Waals surface area contributed by atoms with E-state index in [1.165, 1.54) is 23.3 Å². The molecule has 2 fully saturated rings. The molecule has 196 valence electrons. The molecule has 9 heteroatoms. The van der Waals surface area contributed by atoms with Gasteiger partial charge in [-0.2, -0.15) is 0 Å². The number of nitrogens with zero attached hydrogens (tertiary/aromatic N) is 3. The molecule has 0 unspecified atom stereocenters. The summed E-state index contributed by atoms with van der Waals surface area (Å²) in [5.74, 6) is -2.08. The fourth-order valence-corrected chi connectivity index (χ4v) is 7.13. The van der Waals surface area contributed by atoms with Crippen LogP contribution in [0.2, 0.25) is 0 Å². The number of hydroxylamine groups is 1. The summed E-state index contributed by atoms with van der Waals surface area (Å²) in [5, 5.41) is 2.05. The van der Waals surface area contributed by atoms with E-state index < -0.39 is 29.9 Å². The van der Waals surface area contributed by atoms with Crippen molar-refractivity contribution in [1.82, 2.24) is 0 Å². The number of thiophene rings is 1. The Labute approximate surface area is 225 Å². The van der Waals surface area contributed by atoms with Gasteiger partial charge in [0.1, 0.15) is 10.9 Å². The van der Waals surface area contributed by atoms with Crippen LogP contribution >= 0.6 is 11.3 Å². The molecule has 3 atom stereocenters. The molecule has 6 rings (SSSR count). The molecule has 3 aliphatic rings. The molecular weight excluding hydrogens is 502 g/mol. The number of rotatable bonds is 5. The van der Waals surface area contributed by atoms with Crippen molar-refractivity contribution in [2.24, 2.45) is 5.92 Å². The number of methoxy groups -OCH3 is 1. The first-order valence-electron chi connectivity index (χ1n) is 12.8. The van der Waals surface area contributed by atoms with Crippen molar-refractivity contribution in [1.29, 1.82) is 0 Å². The van der Waals surface area contributed by atoms with Crippen LogP contribution in [0.1, 0.15) is 45.2 Å². The van der Waals surface area contributed by atoms with Crippen molar-refractivity contribution in [2.75, 3.05) is 36.1 Å². The number of benzene rings is 2. The maximum absolute atomic E-state index is 14.2. The van der Waals surface area contributed by atoms with Gasteiger partial charge >= 0.3 is 5.97 Å². The van der Waals surface area contributed by atoms with Crippen molar-refractivity contribution in [3.05, 3.63) is 76.2 Å². The Kier molecular flexibility index (Phi) is 6.20. The van der Waals surface area contributed by atoms with E-state index in [1.54, 1.807) is 5.06 Å². The Morgan fingerprint density at radius 1 is 1.00 bits per heavy atom. The molecule has 1 aliphatic carbocycles. The minimum Gasteiger partial charge on any atom is -0.465 e.